The third-order valence-corrected chi connectivity index (χ3v) is 13.8. The summed E-state index contributed by atoms with van der Waals surface area (Å²) in [7, 11) is 0. The highest BCUT2D eigenvalue weighted by Gasteiger charge is 2.32. The fourth-order valence-corrected chi connectivity index (χ4v) is 10.9. The molecule has 0 N–H and O–H groups in total. The molecule has 0 fully saturated rings. The van der Waals surface area contributed by atoms with E-state index in [4.69, 9.17) is 19.2 Å². The van der Waals surface area contributed by atoms with Crippen LogP contribution in [0.3, 0.4) is 0 Å². The summed E-state index contributed by atoms with van der Waals surface area (Å²) in [5.74, 6) is -0.958. The number of hydrogen-bond acceptors (Lipinski definition) is 7. The Balaban J connectivity index is 0.866. The number of esters is 3. The average Bonchev–Trinajstić information content (AvgIpc) is 4.06. The molecular weight excluding hydrogens is 795 g/mol. The van der Waals surface area contributed by atoms with Gasteiger partial charge in [0.25, 0.3) is 0 Å². The van der Waals surface area contributed by atoms with Crippen molar-refractivity contribution < 1.29 is 28.6 Å². The maximum atomic E-state index is 14.1. The number of pyridine rings is 1. The average molecular weight is 836 g/mol. The summed E-state index contributed by atoms with van der Waals surface area (Å²) in [5.41, 5.74) is 11.8. The number of fused-ring (bicyclic) bond motifs is 4. The number of aryl methyl sites for hydroxylation is 5. The molecule has 310 valence electrons. The molecule has 7 heteroatoms. The highest BCUT2D eigenvalue weighted by Crippen LogP contribution is 2.48. The Morgan fingerprint density at radius 1 is 0.625 bits per heavy atom. The molecule has 0 aliphatic heterocycles. The molecule has 7 aromatic carbocycles. The van der Waals surface area contributed by atoms with Crippen molar-refractivity contribution in [2.45, 2.75) is 57.8 Å². The molecule has 8 aromatic rings. The van der Waals surface area contributed by atoms with Crippen molar-refractivity contribution in [2.75, 3.05) is 0 Å². The van der Waals surface area contributed by atoms with Crippen molar-refractivity contribution in [3.05, 3.63) is 201 Å². The third kappa shape index (κ3) is 6.25. The maximum Gasteiger partial charge on any atom is 0.343 e. The van der Waals surface area contributed by atoms with Gasteiger partial charge in [0.2, 0.25) is 0 Å². The number of nitrogens with zero attached hydrogens (tertiary/aromatic N) is 1. The quantitative estimate of drug-likeness (QED) is 0.0683. The van der Waals surface area contributed by atoms with Gasteiger partial charge < -0.3 is 14.2 Å². The Labute approximate surface area is 369 Å². The second kappa shape index (κ2) is 14.7. The third-order valence-electron chi connectivity index (χ3n) is 13.8. The van der Waals surface area contributed by atoms with Crippen LogP contribution >= 0.6 is 0 Å². The van der Waals surface area contributed by atoms with Crippen LogP contribution in [0.15, 0.2) is 145 Å². The Bertz CT molecular complexity index is 3330. The molecule has 0 bridgehead atoms. The van der Waals surface area contributed by atoms with Crippen molar-refractivity contribution in [2.24, 2.45) is 0 Å². The highest BCUT2D eigenvalue weighted by atomic mass is 16.5. The van der Waals surface area contributed by atoms with Gasteiger partial charge in [-0.1, -0.05) is 73.3 Å². The van der Waals surface area contributed by atoms with Crippen molar-refractivity contribution in [1.82, 2.24) is 4.98 Å². The Morgan fingerprint density at radius 2 is 1.25 bits per heavy atom. The number of ether oxygens (including phenoxy) is 3. The van der Waals surface area contributed by atoms with Crippen molar-refractivity contribution >= 4 is 66.7 Å². The first-order valence-electron chi connectivity index (χ1n) is 22.1. The summed E-state index contributed by atoms with van der Waals surface area (Å²) in [4.78, 5) is 47.0. The first-order valence-corrected chi connectivity index (χ1v) is 22.1. The van der Waals surface area contributed by atoms with Crippen LogP contribution in [-0.2, 0) is 36.8 Å². The normalized spacial score (nSPS) is 16.6. The minimum atomic E-state index is -0.769. The molecule has 1 unspecified atom stereocenters. The second-order valence-corrected chi connectivity index (χ2v) is 17.5. The van der Waals surface area contributed by atoms with Gasteiger partial charge in [-0.25, -0.2) is 14.4 Å². The van der Waals surface area contributed by atoms with E-state index in [1.54, 1.807) is 25.1 Å². The first kappa shape index (κ1) is 38.1. The van der Waals surface area contributed by atoms with E-state index in [1.165, 1.54) is 73.9 Å². The molecular formula is C57H41NO6. The van der Waals surface area contributed by atoms with Crippen LogP contribution in [0.5, 0.6) is 11.5 Å². The molecule has 7 nitrogen and oxygen atoms in total. The lowest BCUT2D eigenvalue weighted by molar-refractivity contribution is 0.0636. The van der Waals surface area contributed by atoms with Gasteiger partial charge in [-0.05, 0) is 189 Å². The molecule has 0 radical (unpaired) electrons. The lowest BCUT2D eigenvalue weighted by Gasteiger charge is -2.26. The van der Waals surface area contributed by atoms with E-state index in [0.717, 1.165) is 88.7 Å². The lowest BCUT2D eigenvalue weighted by atomic mass is 9.78. The number of carbonyl (C=O) groups excluding carboxylic acids is 3. The van der Waals surface area contributed by atoms with Gasteiger partial charge in [0.05, 0.1) is 28.4 Å². The minimum absolute atomic E-state index is 0.0140. The topological polar surface area (TPSA) is 91.8 Å². The van der Waals surface area contributed by atoms with Crippen LogP contribution in [-0.4, -0.2) is 22.9 Å². The Morgan fingerprint density at radius 3 is 2.00 bits per heavy atom. The number of rotatable bonds is 7. The zero-order chi connectivity index (χ0) is 43.2. The molecule has 4 aliphatic carbocycles. The summed E-state index contributed by atoms with van der Waals surface area (Å²) in [5, 5.41) is 7.71. The maximum absolute atomic E-state index is 14.1. The van der Waals surface area contributed by atoms with Crippen LogP contribution in [0.2, 0.25) is 0 Å². The van der Waals surface area contributed by atoms with Gasteiger partial charge in [-0.3, -0.25) is 4.98 Å². The number of allylic oxidation sites excluding steroid dienone is 4. The smallest absolute Gasteiger partial charge is 0.343 e. The van der Waals surface area contributed by atoms with Gasteiger partial charge in [0.1, 0.15) is 17.3 Å². The van der Waals surface area contributed by atoms with Gasteiger partial charge >= 0.3 is 17.9 Å². The van der Waals surface area contributed by atoms with Gasteiger partial charge in [-0.15, -0.1) is 0 Å². The van der Waals surface area contributed by atoms with Crippen LogP contribution in [0, 0.1) is 0 Å². The summed E-state index contributed by atoms with van der Waals surface area (Å²) in [6.07, 6.45) is 11.9. The van der Waals surface area contributed by atoms with Crippen LogP contribution in [0.4, 0.5) is 0 Å². The number of benzene rings is 7. The van der Waals surface area contributed by atoms with Gasteiger partial charge in [0.15, 0.2) is 0 Å². The van der Waals surface area contributed by atoms with Crippen LogP contribution in [0.1, 0.15) is 95.7 Å². The SMILES string of the molecule is C=C1/C(=C\C(=C/C)OC(=O)c2cc(C(=O)Oc3ccc4c(c3)cc3c5c(cccc54)CC3)cc(C(=O)Oc3cnc4c(c3)cc3c5c(cccc54)CC3)c2)CC2CCc3cccc1c32. The van der Waals surface area contributed by atoms with Crippen LogP contribution in [0.25, 0.3) is 48.8 Å². The zero-order valence-corrected chi connectivity index (χ0v) is 35.3. The van der Waals surface area contributed by atoms with Crippen molar-refractivity contribution in [3.63, 3.8) is 0 Å². The standard InChI is InChI=1S/C57H41NO6/c1-3-44(27-38-21-35-16-13-32-7-4-10-47(31(38)2)51(32)35)62-55(59)41-24-42(56(60)63-45-19-20-48-39(28-45)22-36-17-14-33-8-5-11-49(48)52(33)36)26-43(25-41)57(61)64-46-29-40-23-37-18-15-34-9-6-12-50(53(34)37)54(40)58-30-46/h3-12,19-20,22-30,35H,2,13-18,21H2,1H3/b38-27-,44-3+. The van der Waals surface area contributed by atoms with Crippen LogP contribution < -0.4 is 9.47 Å². The molecule has 0 saturated heterocycles. The largest absolute Gasteiger partial charge is 0.423 e. The predicted octanol–water partition coefficient (Wildman–Crippen LogP) is 12.5. The number of hydrogen-bond donors (Lipinski definition) is 0. The Hall–Kier alpha value is -7.64. The fraction of sp³-hybridized carbons (Fsp3) is 0.158. The molecule has 64 heavy (non-hydrogen) atoms. The molecule has 1 aromatic heterocycles. The molecule has 4 aliphatic rings. The van der Waals surface area contributed by atoms with E-state index >= 15 is 0 Å². The van der Waals surface area contributed by atoms with E-state index in [9.17, 15) is 14.4 Å². The molecule has 0 amide bonds. The van der Waals surface area contributed by atoms with Gasteiger partial charge in [0, 0.05) is 10.8 Å². The van der Waals surface area contributed by atoms with E-state index in [-0.39, 0.29) is 22.4 Å². The summed E-state index contributed by atoms with van der Waals surface area (Å²) in [6.45, 7) is 6.23. The molecule has 0 spiro atoms. The van der Waals surface area contributed by atoms with Crippen molar-refractivity contribution in [3.8, 4) is 11.5 Å². The van der Waals surface area contributed by atoms with Gasteiger partial charge in [-0.2, -0.15) is 0 Å². The van der Waals surface area contributed by atoms with E-state index in [2.05, 4.69) is 73.3 Å². The van der Waals surface area contributed by atoms with E-state index in [1.807, 2.05) is 18.2 Å². The number of aromatic nitrogens is 1. The molecule has 1 atom stereocenters. The second-order valence-electron chi connectivity index (χ2n) is 17.5. The van der Waals surface area contributed by atoms with E-state index < -0.39 is 17.9 Å². The molecule has 0 saturated carbocycles. The first-order chi connectivity index (χ1) is 31.3. The summed E-state index contributed by atoms with van der Waals surface area (Å²) < 4.78 is 17.9. The van der Waals surface area contributed by atoms with E-state index in [0.29, 0.717) is 17.4 Å². The summed E-state index contributed by atoms with van der Waals surface area (Å²) >= 11 is 0. The van der Waals surface area contributed by atoms with Crippen molar-refractivity contribution in [1.29, 1.82) is 0 Å². The highest BCUT2D eigenvalue weighted by molar-refractivity contribution is 6.12. The Kier molecular flexibility index (Phi) is 8.77. The minimum Gasteiger partial charge on any atom is -0.423 e. The lowest BCUT2D eigenvalue weighted by Crippen LogP contribution is -2.16. The number of carbonyl (C=O) groups is 3. The fourth-order valence-electron chi connectivity index (χ4n) is 10.9. The zero-order valence-electron chi connectivity index (χ0n) is 35.3. The summed E-state index contributed by atoms with van der Waals surface area (Å²) in [6, 6.07) is 35.0. The molecule has 1 heterocycles. The molecule has 12 rings (SSSR count). The predicted molar refractivity (Wildman–Crippen MR) is 250 cm³/mol. The monoisotopic (exact) mass is 835 g/mol.